The SMILES string of the molecule is CN(C)CC(C)(C)CNC(=O)N1CC(C(=O)O)C1. The highest BCUT2D eigenvalue weighted by molar-refractivity contribution is 5.79. The van der Waals surface area contributed by atoms with Gasteiger partial charge in [-0.25, -0.2) is 4.79 Å². The summed E-state index contributed by atoms with van der Waals surface area (Å²) in [5.41, 5.74) is -0.00374. The zero-order valence-corrected chi connectivity index (χ0v) is 11.6. The van der Waals surface area contributed by atoms with Gasteiger partial charge in [-0.05, 0) is 19.5 Å². The fourth-order valence-electron chi connectivity index (χ4n) is 2.14. The second-order valence-electron chi connectivity index (χ2n) is 6.00. The third kappa shape index (κ3) is 4.18. The fourth-order valence-corrected chi connectivity index (χ4v) is 2.14. The summed E-state index contributed by atoms with van der Waals surface area (Å²) in [5, 5.41) is 11.6. The Balaban J connectivity index is 2.28. The molecule has 1 rings (SSSR count). The van der Waals surface area contributed by atoms with Crippen molar-refractivity contribution in [1.29, 1.82) is 0 Å². The first-order valence-electron chi connectivity index (χ1n) is 6.11. The van der Waals surface area contributed by atoms with Crippen molar-refractivity contribution >= 4 is 12.0 Å². The molecule has 0 aromatic heterocycles. The third-order valence-electron chi connectivity index (χ3n) is 2.98. The molecule has 0 saturated carbocycles. The molecule has 0 unspecified atom stereocenters. The van der Waals surface area contributed by atoms with Gasteiger partial charge in [0.2, 0.25) is 0 Å². The number of likely N-dealkylation sites (tertiary alicyclic amines) is 1. The molecule has 1 saturated heterocycles. The average Bonchev–Trinajstić information content (AvgIpc) is 2.09. The number of carbonyl (C=O) groups is 2. The van der Waals surface area contributed by atoms with Crippen molar-refractivity contribution < 1.29 is 14.7 Å². The lowest BCUT2D eigenvalue weighted by molar-refractivity contribution is -0.146. The van der Waals surface area contributed by atoms with Gasteiger partial charge in [-0.2, -0.15) is 0 Å². The van der Waals surface area contributed by atoms with Crippen LogP contribution in [0.15, 0.2) is 0 Å². The normalized spacial score (nSPS) is 16.6. The number of nitrogens with one attached hydrogen (secondary N) is 1. The average molecular weight is 257 g/mol. The second kappa shape index (κ2) is 5.56. The zero-order chi connectivity index (χ0) is 13.9. The summed E-state index contributed by atoms with van der Waals surface area (Å²) in [7, 11) is 3.99. The van der Waals surface area contributed by atoms with Crippen molar-refractivity contribution in [2.75, 3.05) is 40.3 Å². The van der Waals surface area contributed by atoms with Crippen molar-refractivity contribution in [2.24, 2.45) is 11.3 Å². The molecule has 18 heavy (non-hydrogen) atoms. The molecule has 1 fully saturated rings. The van der Waals surface area contributed by atoms with E-state index >= 15 is 0 Å². The summed E-state index contributed by atoms with van der Waals surface area (Å²) in [6, 6.07) is -0.167. The van der Waals surface area contributed by atoms with Gasteiger partial charge in [0.1, 0.15) is 0 Å². The number of nitrogens with zero attached hydrogens (tertiary/aromatic N) is 2. The van der Waals surface area contributed by atoms with Gasteiger partial charge in [0, 0.05) is 26.2 Å². The molecule has 0 bridgehead atoms. The molecule has 1 heterocycles. The van der Waals surface area contributed by atoms with Crippen LogP contribution in [0.25, 0.3) is 0 Å². The summed E-state index contributed by atoms with van der Waals surface area (Å²) >= 11 is 0. The van der Waals surface area contributed by atoms with Crippen LogP contribution in [-0.2, 0) is 4.79 Å². The Hall–Kier alpha value is -1.30. The van der Waals surface area contributed by atoms with Crippen LogP contribution in [0.3, 0.4) is 0 Å². The zero-order valence-electron chi connectivity index (χ0n) is 11.6. The summed E-state index contributed by atoms with van der Waals surface area (Å²) in [4.78, 5) is 26.0. The van der Waals surface area contributed by atoms with Crippen LogP contribution < -0.4 is 5.32 Å². The van der Waals surface area contributed by atoms with E-state index in [0.717, 1.165) is 6.54 Å². The smallest absolute Gasteiger partial charge is 0.317 e. The van der Waals surface area contributed by atoms with Gasteiger partial charge >= 0.3 is 12.0 Å². The van der Waals surface area contributed by atoms with Crippen LogP contribution in [0, 0.1) is 11.3 Å². The lowest BCUT2D eigenvalue weighted by atomic mass is 9.93. The minimum atomic E-state index is -0.827. The Kier molecular flexibility index (Phi) is 4.56. The molecule has 0 aromatic carbocycles. The number of aliphatic carboxylic acids is 1. The second-order valence-corrected chi connectivity index (χ2v) is 6.00. The number of urea groups is 1. The Morgan fingerprint density at radius 3 is 2.39 bits per heavy atom. The van der Waals surface area contributed by atoms with Gasteiger partial charge in [-0.1, -0.05) is 13.8 Å². The Morgan fingerprint density at radius 2 is 1.94 bits per heavy atom. The molecule has 2 N–H and O–H groups in total. The van der Waals surface area contributed by atoms with Crippen molar-refractivity contribution in [3.8, 4) is 0 Å². The topological polar surface area (TPSA) is 72.9 Å². The van der Waals surface area contributed by atoms with Crippen LogP contribution in [0.2, 0.25) is 0 Å². The monoisotopic (exact) mass is 257 g/mol. The number of hydrogen-bond acceptors (Lipinski definition) is 3. The summed E-state index contributed by atoms with van der Waals surface area (Å²) in [6.45, 7) is 6.26. The standard InChI is InChI=1S/C12H23N3O3/c1-12(2,8-14(3)4)7-13-11(18)15-5-9(6-15)10(16)17/h9H,5-8H2,1-4H3,(H,13,18)(H,16,17). The molecule has 0 spiro atoms. The molecule has 6 nitrogen and oxygen atoms in total. The molecule has 0 radical (unpaired) electrons. The van der Waals surface area contributed by atoms with E-state index in [1.54, 1.807) is 0 Å². The van der Waals surface area contributed by atoms with Crippen LogP contribution in [0.4, 0.5) is 4.79 Å². The van der Waals surface area contributed by atoms with Crippen molar-refractivity contribution in [1.82, 2.24) is 15.1 Å². The van der Waals surface area contributed by atoms with E-state index in [9.17, 15) is 9.59 Å². The first-order chi connectivity index (χ1) is 8.21. The maximum Gasteiger partial charge on any atom is 0.317 e. The van der Waals surface area contributed by atoms with Crippen LogP contribution in [0.1, 0.15) is 13.8 Å². The summed E-state index contributed by atoms with van der Waals surface area (Å²) < 4.78 is 0. The van der Waals surface area contributed by atoms with E-state index in [0.29, 0.717) is 19.6 Å². The molecular formula is C12H23N3O3. The maximum atomic E-state index is 11.7. The van der Waals surface area contributed by atoms with Gasteiger partial charge in [-0.15, -0.1) is 0 Å². The molecular weight excluding hydrogens is 234 g/mol. The molecule has 1 aliphatic heterocycles. The first kappa shape index (κ1) is 14.8. The molecule has 0 aliphatic carbocycles. The first-order valence-corrected chi connectivity index (χ1v) is 6.11. The highest BCUT2D eigenvalue weighted by Gasteiger charge is 2.35. The highest BCUT2D eigenvalue weighted by Crippen LogP contribution is 2.17. The molecule has 0 atom stereocenters. The lowest BCUT2D eigenvalue weighted by Crippen LogP contribution is -2.57. The van der Waals surface area contributed by atoms with Crippen molar-refractivity contribution in [3.63, 3.8) is 0 Å². The van der Waals surface area contributed by atoms with Gasteiger partial charge < -0.3 is 20.2 Å². The van der Waals surface area contributed by atoms with Gasteiger partial charge in [0.15, 0.2) is 0 Å². The minimum Gasteiger partial charge on any atom is -0.481 e. The predicted octanol–water partition coefficient (Wildman–Crippen LogP) is 0.300. The van der Waals surface area contributed by atoms with Crippen LogP contribution in [-0.4, -0.2) is 67.2 Å². The van der Waals surface area contributed by atoms with E-state index in [1.807, 2.05) is 14.1 Å². The van der Waals surface area contributed by atoms with Crippen LogP contribution in [0.5, 0.6) is 0 Å². The molecule has 6 heteroatoms. The summed E-state index contributed by atoms with van der Waals surface area (Å²) in [5.74, 6) is -1.22. The summed E-state index contributed by atoms with van der Waals surface area (Å²) in [6.07, 6.45) is 0. The third-order valence-corrected chi connectivity index (χ3v) is 2.98. The number of carboxylic acids is 1. The molecule has 2 amide bonds. The van der Waals surface area contributed by atoms with E-state index < -0.39 is 11.9 Å². The minimum absolute atomic E-state index is 0.00374. The quantitative estimate of drug-likeness (QED) is 0.743. The molecule has 104 valence electrons. The van der Waals surface area contributed by atoms with Crippen LogP contribution >= 0.6 is 0 Å². The Bertz CT molecular complexity index is 323. The van der Waals surface area contributed by atoms with Crippen molar-refractivity contribution in [2.45, 2.75) is 13.8 Å². The maximum absolute atomic E-state index is 11.7. The van der Waals surface area contributed by atoms with E-state index in [-0.39, 0.29) is 11.4 Å². The molecule has 0 aromatic rings. The Labute approximate surface area is 108 Å². The van der Waals surface area contributed by atoms with Gasteiger partial charge in [0.25, 0.3) is 0 Å². The van der Waals surface area contributed by atoms with E-state index in [4.69, 9.17) is 5.11 Å². The van der Waals surface area contributed by atoms with Gasteiger partial charge in [-0.3, -0.25) is 4.79 Å². The number of carboxylic acid groups (broad SMARTS) is 1. The highest BCUT2D eigenvalue weighted by atomic mass is 16.4. The van der Waals surface area contributed by atoms with Crippen molar-refractivity contribution in [3.05, 3.63) is 0 Å². The van der Waals surface area contributed by atoms with E-state index in [2.05, 4.69) is 24.1 Å². The fraction of sp³-hybridized carbons (Fsp3) is 0.833. The van der Waals surface area contributed by atoms with Gasteiger partial charge in [0.05, 0.1) is 5.92 Å². The Morgan fingerprint density at radius 1 is 1.39 bits per heavy atom. The largest absolute Gasteiger partial charge is 0.481 e. The number of carbonyl (C=O) groups excluding carboxylic acids is 1. The number of rotatable bonds is 5. The number of amides is 2. The number of hydrogen-bond donors (Lipinski definition) is 2. The predicted molar refractivity (Wildman–Crippen MR) is 68.4 cm³/mol. The lowest BCUT2D eigenvalue weighted by Gasteiger charge is -2.37. The van der Waals surface area contributed by atoms with E-state index in [1.165, 1.54) is 4.90 Å². The molecule has 1 aliphatic rings.